The number of fused-ring (bicyclic) bond motifs is 1. The molecule has 0 saturated carbocycles. The number of anilines is 1. The van der Waals surface area contributed by atoms with Crippen molar-refractivity contribution in [2.45, 2.75) is 20.4 Å². The lowest BCUT2D eigenvalue weighted by molar-refractivity contribution is 0.340. The van der Waals surface area contributed by atoms with Crippen LogP contribution in [0.2, 0.25) is 0 Å². The Morgan fingerprint density at radius 1 is 1.06 bits per heavy atom. The number of aryl methyl sites for hydroxylation is 2. The number of hydrazone groups is 1. The molecule has 0 unspecified atom stereocenters. The normalized spacial score (nSPS) is 11.4. The third kappa shape index (κ3) is 4.30. The molecule has 2 heterocycles. The van der Waals surface area contributed by atoms with Crippen molar-refractivity contribution in [3.63, 3.8) is 0 Å². The summed E-state index contributed by atoms with van der Waals surface area (Å²) in [7, 11) is 3.06. The van der Waals surface area contributed by atoms with Crippen LogP contribution >= 0.6 is 0 Å². The van der Waals surface area contributed by atoms with Crippen molar-refractivity contribution in [2.24, 2.45) is 19.2 Å². The number of nitrogens with one attached hydrogen (secondary N) is 1. The first kappa shape index (κ1) is 22.1. The molecule has 4 aromatic rings. The molecular formula is C24H26N6O3. The Labute approximate surface area is 190 Å². The van der Waals surface area contributed by atoms with Crippen LogP contribution in [0.3, 0.4) is 0 Å². The number of ether oxygens (including phenoxy) is 1. The van der Waals surface area contributed by atoms with Crippen molar-refractivity contribution in [2.75, 3.05) is 12.0 Å². The summed E-state index contributed by atoms with van der Waals surface area (Å²) in [5, 5.41) is 4.32. The highest BCUT2D eigenvalue weighted by Crippen LogP contribution is 2.19. The van der Waals surface area contributed by atoms with Crippen molar-refractivity contribution in [3.8, 4) is 5.75 Å². The molecule has 2 aromatic carbocycles. The molecule has 0 radical (unpaired) electrons. The second kappa shape index (κ2) is 9.15. The van der Waals surface area contributed by atoms with Gasteiger partial charge in [-0.2, -0.15) is 10.1 Å². The average molecular weight is 447 g/mol. The molecule has 0 atom stereocenters. The zero-order valence-electron chi connectivity index (χ0n) is 19.1. The second-order valence-electron chi connectivity index (χ2n) is 7.70. The maximum absolute atomic E-state index is 13.0. The van der Waals surface area contributed by atoms with Gasteiger partial charge in [0, 0.05) is 14.1 Å². The quantitative estimate of drug-likeness (QED) is 0.348. The van der Waals surface area contributed by atoms with Crippen LogP contribution in [0.15, 0.2) is 63.2 Å². The number of nitrogens with zero attached hydrogens (tertiary/aromatic N) is 5. The van der Waals surface area contributed by atoms with Crippen molar-refractivity contribution < 1.29 is 4.74 Å². The van der Waals surface area contributed by atoms with Gasteiger partial charge in [-0.3, -0.25) is 18.5 Å². The lowest BCUT2D eigenvalue weighted by atomic mass is 10.1. The smallest absolute Gasteiger partial charge is 0.332 e. The van der Waals surface area contributed by atoms with Gasteiger partial charge in [0.2, 0.25) is 5.95 Å². The third-order valence-electron chi connectivity index (χ3n) is 5.51. The summed E-state index contributed by atoms with van der Waals surface area (Å²) >= 11 is 0. The highest BCUT2D eigenvalue weighted by atomic mass is 16.5. The zero-order chi connectivity index (χ0) is 23.5. The van der Waals surface area contributed by atoms with E-state index in [1.54, 1.807) is 17.8 Å². The van der Waals surface area contributed by atoms with Crippen molar-refractivity contribution in [1.82, 2.24) is 18.7 Å². The minimum absolute atomic E-state index is 0.301. The molecule has 0 aliphatic rings. The zero-order valence-corrected chi connectivity index (χ0v) is 19.1. The highest BCUT2D eigenvalue weighted by molar-refractivity contribution is 5.80. The summed E-state index contributed by atoms with van der Waals surface area (Å²) < 4.78 is 9.67. The molecule has 2 aromatic heterocycles. The number of hydrogen-bond acceptors (Lipinski definition) is 6. The topological polar surface area (TPSA) is 95.4 Å². The van der Waals surface area contributed by atoms with Gasteiger partial charge in [-0.15, -0.1) is 0 Å². The molecule has 170 valence electrons. The van der Waals surface area contributed by atoms with Gasteiger partial charge in [-0.1, -0.05) is 24.3 Å². The summed E-state index contributed by atoms with van der Waals surface area (Å²) in [6.07, 6.45) is 1.66. The molecule has 9 heteroatoms. The Hall–Kier alpha value is -4.14. The number of rotatable bonds is 7. The molecule has 9 nitrogen and oxygen atoms in total. The summed E-state index contributed by atoms with van der Waals surface area (Å²) in [5.41, 5.74) is 5.74. The van der Waals surface area contributed by atoms with Gasteiger partial charge in [-0.05, 0) is 54.8 Å². The molecule has 0 spiro atoms. The van der Waals surface area contributed by atoms with E-state index < -0.39 is 11.2 Å². The first-order valence-corrected chi connectivity index (χ1v) is 10.6. The standard InChI is InChI=1S/C24H26N6O3/c1-5-33-19-12-10-17(11-13-19)14-25-27-23-26-21-20(22(31)29(4)24(32)28(21)3)30(23)15-18-9-7-6-8-16(18)2/h6-14H,5,15H2,1-4H3,(H,26,27). The van der Waals surface area contributed by atoms with Crippen LogP contribution in [0.1, 0.15) is 23.6 Å². The lowest BCUT2D eigenvalue weighted by Gasteiger charge is -2.11. The number of benzene rings is 2. The van der Waals surface area contributed by atoms with E-state index >= 15 is 0 Å². The van der Waals surface area contributed by atoms with E-state index in [0.717, 1.165) is 27.0 Å². The lowest BCUT2D eigenvalue weighted by Crippen LogP contribution is -2.37. The minimum atomic E-state index is -0.433. The van der Waals surface area contributed by atoms with Gasteiger partial charge in [0.15, 0.2) is 11.2 Å². The summed E-state index contributed by atoms with van der Waals surface area (Å²) in [6, 6.07) is 15.5. The molecule has 0 fully saturated rings. The van der Waals surface area contributed by atoms with Crippen molar-refractivity contribution in [3.05, 3.63) is 86.1 Å². The average Bonchev–Trinajstić information content (AvgIpc) is 3.17. The van der Waals surface area contributed by atoms with Crippen LogP contribution in [-0.2, 0) is 20.6 Å². The molecule has 0 saturated heterocycles. The summed E-state index contributed by atoms with van der Waals surface area (Å²) in [4.78, 5) is 30.0. The minimum Gasteiger partial charge on any atom is -0.494 e. The summed E-state index contributed by atoms with van der Waals surface area (Å²) in [6.45, 7) is 4.95. The number of aromatic nitrogens is 4. The van der Waals surface area contributed by atoms with E-state index in [2.05, 4.69) is 15.5 Å². The van der Waals surface area contributed by atoms with Gasteiger partial charge in [-0.25, -0.2) is 10.2 Å². The largest absolute Gasteiger partial charge is 0.494 e. The molecule has 0 amide bonds. The van der Waals surface area contributed by atoms with Crippen LogP contribution < -0.4 is 21.4 Å². The maximum atomic E-state index is 13.0. The predicted octanol–water partition coefficient (Wildman–Crippen LogP) is 2.64. The third-order valence-corrected chi connectivity index (χ3v) is 5.51. The van der Waals surface area contributed by atoms with Gasteiger partial charge in [0.05, 0.1) is 19.4 Å². The van der Waals surface area contributed by atoms with E-state index in [4.69, 9.17) is 4.74 Å². The van der Waals surface area contributed by atoms with Crippen LogP contribution in [-0.4, -0.2) is 31.5 Å². The number of hydrogen-bond donors (Lipinski definition) is 1. The van der Waals surface area contributed by atoms with E-state index in [0.29, 0.717) is 30.3 Å². The van der Waals surface area contributed by atoms with Gasteiger partial charge in [0.25, 0.3) is 5.56 Å². The first-order valence-electron chi connectivity index (χ1n) is 10.6. The highest BCUT2D eigenvalue weighted by Gasteiger charge is 2.19. The fraction of sp³-hybridized carbons (Fsp3) is 0.250. The Bertz CT molecular complexity index is 1440. The summed E-state index contributed by atoms with van der Waals surface area (Å²) in [5.74, 6) is 1.16. The van der Waals surface area contributed by atoms with Gasteiger partial charge >= 0.3 is 5.69 Å². The van der Waals surface area contributed by atoms with Crippen molar-refractivity contribution in [1.29, 1.82) is 0 Å². The van der Waals surface area contributed by atoms with Crippen molar-refractivity contribution >= 4 is 23.3 Å². The number of imidazole rings is 1. The Balaban J connectivity index is 1.76. The molecule has 33 heavy (non-hydrogen) atoms. The molecule has 4 rings (SSSR count). The van der Waals surface area contributed by atoms with E-state index in [1.807, 2.05) is 62.4 Å². The van der Waals surface area contributed by atoms with Crippen LogP contribution in [0.25, 0.3) is 11.2 Å². The Morgan fingerprint density at radius 2 is 1.79 bits per heavy atom. The predicted molar refractivity (Wildman–Crippen MR) is 129 cm³/mol. The van der Waals surface area contributed by atoms with E-state index in [-0.39, 0.29) is 0 Å². The molecule has 0 aliphatic carbocycles. The van der Waals surface area contributed by atoms with Crippen LogP contribution in [0.5, 0.6) is 5.75 Å². The van der Waals surface area contributed by atoms with Gasteiger partial charge in [0.1, 0.15) is 5.75 Å². The van der Waals surface area contributed by atoms with Crippen LogP contribution in [0.4, 0.5) is 5.95 Å². The Kier molecular flexibility index (Phi) is 6.12. The van der Waals surface area contributed by atoms with Crippen LogP contribution in [0, 0.1) is 6.92 Å². The molecular weight excluding hydrogens is 420 g/mol. The monoisotopic (exact) mass is 446 g/mol. The first-order chi connectivity index (χ1) is 15.9. The maximum Gasteiger partial charge on any atom is 0.332 e. The molecule has 1 N–H and O–H groups in total. The van der Waals surface area contributed by atoms with Gasteiger partial charge < -0.3 is 4.74 Å². The fourth-order valence-corrected chi connectivity index (χ4v) is 3.62. The van der Waals surface area contributed by atoms with E-state index in [9.17, 15) is 9.59 Å². The molecule has 0 bridgehead atoms. The van der Waals surface area contributed by atoms with E-state index in [1.165, 1.54) is 11.6 Å². The molecule has 0 aliphatic heterocycles. The fourth-order valence-electron chi connectivity index (χ4n) is 3.62. The second-order valence-corrected chi connectivity index (χ2v) is 7.70. The Morgan fingerprint density at radius 3 is 2.48 bits per heavy atom. The SMILES string of the molecule is CCOc1ccc(C=NNc2nc3c(c(=O)n(C)c(=O)n3C)n2Cc2ccccc2C)cc1.